The minimum Gasteiger partial charge on any atom is -0.452 e. The van der Waals surface area contributed by atoms with Crippen LogP contribution in [0.1, 0.15) is 52.9 Å². The number of esters is 1. The maximum atomic E-state index is 12.2. The van der Waals surface area contributed by atoms with E-state index in [2.05, 4.69) is 17.4 Å². The minimum atomic E-state index is -0.886. The number of nitrogens with two attached hydrogens (primary N) is 1. The zero-order valence-corrected chi connectivity index (χ0v) is 16.1. The van der Waals surface area contributed by atoms with Crippen molar-refractivity contribution >= 4 is 23.3 Å². The fourth-order valence-electron chi connectivity index (χ4n) is 3.43. The SMILES string of the molecule is C[C@@H](NC(=O)COC(=O)c1cc([N+](=O)[O-])ccc1N)c1ccc2c(c1)CCCC2. The number of fused-ring (bicyclic) bond motifs is 1. The Balaban J connectivity index is 1.58. The predicted octanol–water partition coefficient (Wildman–Crippen LogP) is 3.09. The first-order valence-electron chi connectivity index (χ1n) is 9.47. The lowest BCUT2D eigenvalue weighted by atomic mass is 9.89. The Morgan fingerprint density at radius 3 is 2.62 bits per heavy atom. The van der Waals surface area contributed by atoms with Crippen LogP contribution in [0.25, 0.3) is 0 Å². The molecule has 2 aromatic rings. The Labute approximate surface area is 168 Å². The molecular formula is C21H23N3O5. The Kier molecular flexibility index (Phi) is 6.11. The van der Waals surface area contributed by atoms with Crippen LogP contribution in [0.4, 0.5) is 11.4 Å². The summed E-state index contributed by atoms with van der Waals surface area (Å²) < 4.78 is 4.98. The zero-order chi connectivity index (χ0) is 21.0. The van der Waals surface area contributed by atoms with Gasteiger partial charge in [0, 0.05) is 17.8 Å². The number of nitrogen functional groups attached to an aromatic ring is 1. The number of carbonyl (C=O) groups excluding carboxylic acids is 2. The van der Waals surface area contributed by atoms with Gasteiger partial charge >= 0.3 is 5.97 Å². The first-order chi connectivity index (χ1) is 13.8. The molecule has 3 rings (SSSR count). The highest BCUT2D eigenvalue weighted by atomic mass is 16.6. The number of carbonyl (C=O) groups is 2. The molecule has 0 heterocycles. The first-order valence-corrected chi connectivity index (χ1v) is 9.47. The van der Waals surface area contributed by atoms with Gasteiger partial charge in [-0.05, 0) is 55.4 Å². The van der Waals surface area contributed by atoms with E-state index in [1.165, 1.54) is 36.1 Å². The molecule has 29 heavy (non-hydrogen) atoms. The van der Waals surface area contributed by atoms with Crippen LogP contribution in [0.15, 0.2) is 36.4 Å². The van der Waals surface area contributed by atoms with Crippen molar-refractivity contribution in [2.75, 3.05) is 12.3 Å². The van der Waals surface area contributed by atoms with Crippen molar-refractivity contribution in [3.8, 4) is 0 Å². The lowest BCUT2D eigenvalue weighted by molar-refractivity contribution is -0.384. The van der Waals surface area contributed by atoms with Gasteiger partial charge in [0.1, 0.15) is 0 Å². The number of nitrogens with zero attached hydrogens (tertiary/aromatic N) is 1. The fourth-order valence-corrected chi connectivity index (χ4v) is 3.43. The summed E-state index contributed by atoms with van der Waals surface area (Å²) in [6.07, 6.45) is 4.52. The van der Waals surface area contributed by atoms with E-state index < -0.39 is 23.4 Å². The summed E-state index contributed by atoms with van der Waals surface area (Å²) in [4.78, 5) is 34.6. The van der Waals surface area contributed by atoms with Crippen LogP contribution in [0.5, 0.6) is 0 Å². The second-order valence-corrected chi connectivity index (χ2v) is 7.13. The third-order valence-corrected chi connectivity index (χ3v) is 5.05. The minimum absolute atomic E-state index is 0.0448. The molecule has 0 saturated carbocycles. The van der Waals surface area contributed by atoms with E-state index in [4.69, 9.17) is 10.5 Å². The molecule has 0 spiro atoms. The Bertz CT molecular complexity index is 957. The van der Waals surface area contributed by atoms with Gasteiger partial charge in [-0.15, -0.1) is 0 Å². The van der Waals surface area contributed by atoms with Crippen LogP contribution in [0, 0.1) is 10.1 Å². The Morgan fingerprint density at radius 2 is 1.90 bits per heavy atom. The second kappa shape index (κ2) is 8.72. The predicted molar refractivity (Wildman–Crippen MR) is 107 cm³/mol. The smallest absolute Gasteiger partial charge is 0.341 e. The first kappa shape index (κ1) is 20.3. The molecule has 3 N–H and O–H groups in total. The molecule has 0 saturated heterocycles. The summed E-state index contributed by atoms with van der Waals surface area (Å²) in [5.41, 5.74) is 8.98. The molecule has 0 unspecified atom stereocenters. The molecule has 1 atom stereocenters. The maximum absolute atomic E-state index is 12.2. The van der Waals surface area contributed by atoms with Crippen molar-refractivity contribution in [3.05, 3.63) is 68.8 Å². The van der Waals surface area contributed by atoms with Crippen LogP contribution in [-0.4, -0.2) is 23.4 Å². The molecule has 0 fully saturated rings. The van der Waals surface area contributed by atoms with Crippen molar-refractivity contribution in [1.82, 2.24) is 5.32 Å². The summed E-state index contributed by atoms with van der Waals surface area (Å²) in [7, 11) is 0. The molecule has 0 radical (unpaired) electrons. The van der Waals surface area contributed by atoms with Crippen molar-refractivity contribution < 1.29 is 19.2 Å². The molecule has 152 valence electrons. The molecular weight excluding hydrogens is 374 g/mol. The topological polar surface area (TPSA) is 125 Å². The van der Waals surface area contributed by atoms with Gasteiger partial charge in [-0.25, -0.2) is 4.79 Å². The van der Waals surface area contributed by atoms with Crippen LogP contribution in [-0.2, 0) is 22.4 Å². The number of ether oxygens (including phenoxy) is 1. The number of amides is 1. The Hall–Kier alpha value is -3.42. The van der Waals surface area contributed by atoms with Gasteiger partial charge in [-0.1, -0.05) is 18.2 Å². The highest BCUT2D eigenvalue weighted by Gasteiger charge is 2.19. The maximum Gasteiger partial charge on any atom is 0.341 e. The molecule has 8 nitrogen and oxygen atoms in total. The van der Waals surface area contributed by atoms with Crippen molar-refractivity contribution in [1.29, 1.82) is 0 Å². The summed E-state index contributed by atoms with van der Waals surface area (Å²) >= 11 is 0. The second-order valence-electron chi connectivity index (χ2n) is 7.13. The number of hydrogen-bond donors (Lipinski definition) is 2. The normalized spacial score (nSPS) is 13.8. The number of rotatable bonds is 6. The summed E-state index contributed by atoms with van der Waals surface area (Å²) in [5, 5.41) is 13.6. The number of nitro benzene ring substituents is 1. The summed E-state index contributed by atoms with van der Waals surface area (Å²) in [5.74, 6) is -1.35. The molecule has 8 heteroatoms. The molecule has 0 bridgehead atoms. The number of aryl methyl sites for hydroxylation is 2. The van der Waals surface area contributed by atoms with Crippen LogP contribution >= 0.6 is 0 Å². The van der Waals surface area contributed by atoms with E-state index >= 15 is 0 Å². The molecule has 2 aromatic carbocycles. The van der Waals surface area contributed by atoms with Crippen molar-refractivity contribution in [2.24, 2.45) is 0 Å². The van der Waals surface area contributed by atoms with E-state index in [9.17, 15) is 19.7 Å². The average molecular weight is 397 g/mol. The van der Waals surface area contributed by atoms with Crippen LogP contribution in [0.3, 0.4) is 0 Å². The fraction of sp³-hybridized carbons (Fsp3) is 0.333. The lowest BCUT2D eigenvalue weighted by Crippen LogP contribution is -2.31. The third kappa shape index (κ3) is 4.90. The number of anilines is 1. The molecule has 0 aromatic heterocycles. The van der Waals surface area contributed by atoms with Gasteiger partial charge in [0.2, 0.25) is 0 Å². The molecule has 1 aliphatic rings. The van der Waals surface area contributed by atoms with Gasteiger partial charge in [-0.3, -0.25) is 14.9 Å². The summed E-state index contributed by atoms with van der Waals surface area (Å²) in [6.45, 7) is 1.36. The van der Waals surface area contributed by atoms with E-state index in [0.29, 0.717) is 0 Å². The van der Waals surface area contributed by atoms with Gasteiger partial charge in [0.05, 0.1) is 16.5 Å². The monoisotopic (exact) mass is 397 g/mol. The number of hydrogen-bond acceptors (Lipinski definition) is 6. The number of nitrogens with one attached hydrogen (secondary N) is 1. The van der Waals surface area contributed by atoms with Gasteiger partial charge in [0.15, 0.2) is 6.61 Å². The number of non-ortho nitro benzene ring substituents is 1. The van der Waals surface area contributed by atoms with Gasteiger partial charge < -0.3 is 15.8 Å². The number of benzene rings is 2. The third-order valence-electron chi connectivity index (χ3n) is 5.05. The molecule has 1 amide bonds. The largest absolute Gasteiger partial charge is 0.452 e. The number of nitro groups is 1. The van der Waals surface area contributed by atoms with E-state index in [1.807, 2.05) is 13.0 Å². The van der Waals surface area contributed by atoms with Gasteiger partial charge in [0.25, 0.3) is 11.6 Å². The zero-order valence-electron chi connectivity index (χ0n) is 16.1. The van der Waals surface area contributed by atoms with E-state index in [-0.39, 0.29) is 23.0 Å². The lowest BCUT2D eigenvalue weighted by Gasteiger charge is -2.20. The van der Waals surface area contributed by atoms with E-state index in [1.54, 1.807) is 0 Å². The van der Waals surface area contributed by atoms with Crippen LogP contribution in [0.2, 0.25) is 0 Å². The quantitative estimate of drug-likeness (QED) is 0.334. The highest BCUT2D eigenvalue weighted by Crippen LogP contribution is 2.25. The average Bonchev–Trinajstić information content (AvgIpc) is 2.71. The van der Waals surface area contributed by atoms with Crippen molar-refractivity contribution in [2.45, 2.75) is 38.6 Å². The Morgan fingerprint density at radius 1 is 1.17 bits per heavy atom. The highest BCUT2D eigenvalue weighted by molar-refractivity contribution is 5.97. The van der Waals surface area contributed by atoms with Gasteiger partial charge in [-0.2, -0.15) is 0 Å². The van der Waals surface area contributed by atoms with E-state index in [0.717, 1.165) is 24.5 Å². The van der Waals surface area contributed by atoms with Crippen molar-refractivity contribution in [3.63, 3.8) is 0 Å². The standard InChI is InChI=1S/C21H23N3O5/c1-13(15-7-6-14-4-2-3-5-16(14)10-15)23-20(25)12-29-21(26)18-11-17(24(27)28)8-9-19(18)22/h6-11,13H,2-5,12,22H2,1H3,(H,23,25)/t13-/m1/s1. The van der Waals surface area contributed by atoms with Crippen LogP contribution < -0.4 is 11.1 Å². The summed E-state index contributed by atoms with van der Waals surface area (Å²) in [6, 6.07) is 9.48. The molecule has 0 aliphatic heterocycles. The molecule has 1 aliphatic carbocycles.